The molecule has 0 bridgehead atoms. The van der Waals surface area contributed by atoms with E-state index in [-0.39, 0.29) is 44.9 Å². The first-order valence-electron chi connectivity index (χ1n) is 12.3. The van der Waals surface area contributed by atoms with E-state index in [1.165, 1.54) is 18.9 Å². The lowest BCUT2D eigenvalue weighted by molar-refractivity contribution is -0.149. The Morgan fingerprint density at radius 3 is 2.32 bits per heavy atom. The van der Waals surface area contributed by atoms with Gasteiger partial charge in [-0.15, -0.1) is 0 Å². The first-order chi connectivity index (χ1) is 18.2. The van der Waals surface area contributed by atoms with Crippen LogP contribution in [0.1, 0.15) is 25.8 Å². The largest absolute Gasteiger partial charge is 0.497 e. The van der Waals surface area contributed by atoms with Crippen molar-refractivity contribution in [3.63, 3.8) is 0 Å². The molecule has 1 unspecified atom stereocenters. The number of benzene rings is 2. The first-order valence-corrected chi connectivity index (χ1v) is 12.3. The molecule has 11 heteroatoms. The van der Waals surface area contributed by atoms with E-state index in [1.807, 2.05) is 0 Å². The predicted octanol–water partition coefficient (Wildman–Crippen LogP) is 4.67. The van der Waals surface area contributed by atoms with Crippen LogP contribution < -0.4 is 14.2 Å². The molecule has 210 valence electrons. The Morgan fingerprint density at radius 2 is 1.68 bits per heavy atom. The number of carboxylic acids is 1. The minimum Gasteiger partial charge on any atom is -0.497 e. The number of hydrogen-bond acceptors (Lipinski definition) is 7. The first kappa shape index (κ1) is 30.8. The molecule has 2 aromatic rings. The number of amides is 1. The maximum atomic E-state index is 13.5. The van der Waals surface area contributed by atoms with Gasteiger partial charge in [-0.2, -0.15) is 0 Å². The Balaban J connectivity index is 1.95. The summed E-state index contributed by atoms with van der Waals surface area (Å²) in [5.41, 5.74) is 0.766. The molecule has 1 N–H and O–H groups in total. The molecule has 1 amide bonds. The Kier molecular flexibility index (Phi) is 12.7. The number of carbonyl (C=O) groups excluding carboxylic acids is 1. The molecule has 0 aliphatic heterocycles. The molecule has 2 rings (SSSR count). The number of alkyl halides is 2. The molecule has 0 saturated heterocycles. The second kappa shape index (κ2) is 15.7. The van der Waals surface area contributed by atoms with E-state index in [9.17, 15) is 23.5 Å². The summed E-state index contributed by atoms with van der Waals surface area (Å²) >= 11 is 0. The summed E-state index contributed by atoms with van der Waals surface area (Å²) in [5, 5.41) is 9.24. The number of rotatable bonds is 17. The van der Waals surface area contributed by atoms with Crippen LogP contribution in [0.5, 0.6) is 17.2 Å². The van der Waals surface area contributed by atoms with Crippen molar-refractivity contribution in [1.82, 2.24) is 4.90 Å². The molecular formula is C27H35F2NO8. The number of ether oxygens (including phenoxy) is 5. The molecule has 0 fully saturated rings. The second-order valence-corrected chi connectivity index (χ2v) is 8.27. The molecule has 0 aliphatic rings. The highest BCUT2D eigenvalue weighted by molar-refractivity contribution is 5.72. The van der Waals surface area contributed by atoms with Gasteiger partial charge in [-0.25, -0.2) is 18.4 Å². The van der Waals surface area contributed by atoms with Crippen LogP contribution in [-0.2, 0) is 20.7 Å². The molecule has 0 spiro atoms. The molecule has 0 aromatic heterocycles. The van der Waals surface area contributed by atoms with Gasteiger partial charge in [-0.1, -0.05) is 25.1 Å². The van der Waals surface area contributed by atoms with Crippen molar-refractivity contribution >= 4 is 12.1 Å². The van der Waals surface area contributed by atoms with E-state index >= 15 is 0 Å². The Morgan fingerprint density at radius 1 is 1.00 bits per heavy atom. The summed E-state index contributed by atoms with van der Waals surface area (Å²) in [5.74, 6) is -2.68. The number of halogens is 2. The van der Waals surface area contributed by atoms with Crippen LogP contribution in [0.15, 0.2) is 48.5 Å². The van der Waals surface area contributed by atoms with Crippen LogP contribution >= 0.6 is 0 Å². The van der Waals surface area contributed by atoms with Gasteiger partial charge in [0.15, 0.2) is 6.10 Å². The normalized spacial score (nSPS) is 12.0. The van der Waals surface area contributed by atoms with Crippen LogP contribution in [0, 0.1) is 0 Å². The van der Waals surface area contributed by atoms with Crippen LogP contribution in [0.25, 0.3) is 0 Å². The molecule has 2 aromatic carbocycles. The Hall–Kier alpha value is -3.44. The van der Waals surface area contributed by atoms with Gasteiger partial charge in [0.25, 0.3) is 5.92 Å². The fraction of sp³-hybridized carbons (Fsp3) is 0.481. The van der Waals surface area contributed by atoms with Crippen molar-refractivity contribution in [1.29, 1.82) is 0 Å². The van der Waals surface area contributed by atoms with E-state index in [2.05, 4.69) is 0 Å². The van der Waals surface area contributed by atoms with Crippen LogP contribution in [-0.4, -0.2) is 80.7 Å². The average molecular weight is 540 g/mol. The van der Waals surface area contributed by atoms with Gasteiger partial charge in [0.05, 0.1) is 20.3 Å². The summed E-state index contributed by atoms with van der Waals surface area (Å²) in [6, 6.07) is 13.4. The van der Waals surface area contributed by atoms with Gasteiger partial charge < -0.3 is 33.7 Å². The second-order valence-electron chi connectivity index (χ2n) is 8.27. The van der Waals surface area contributed by atoms with Crippen molar-refractivity contribution in [2.75, 3.05) is 46.6 Å². The summed E-state index contributed by atoms with van der Waals surface area (Å²) in [4.78, 5) is 25.4. The zero-order chi connectivity index (χ0) is 28.0. The quantitative estimate of drug-likeness (QED) is 0.289. The van der Waals surface area contributed by atoms with Crippen LogP contribution in [0.4, 0.5) is 13.6 Å². The van der Waals surface area contributed by atoms with E-state index in [1.54, 1.807) is 55.5 Å². The minimum atomic E-state index is -2.94. The number of aliphatic carboxylic acids is 1. The average Bonchev–Trinajstić information content (AvgIpc) is 2.90. The maximum Gasteiger partial charge on any atom is 0.415 e. The van der Waals surface area contributed by atoms with E-state index < -0.39 is 30.7 Å². The number of hydrogen-bond donors (Lipinski definition) is 1. The molecule has 9 nitrogen and oxygen atoms in total. The Bertz CT molecular complexity index is 1000. The van der Waals surface area contributed by atoms with Gasteiger partial charge in [0, 0.05) is 32.1 Å². The van der Waals surface area contributed by atoms with Crippen LogP contribution in [0.2, 0.25) is 0 Å². The van der Waals surface area contributed by atoms with E-state index in [4.69, 9.17) is 23.7 Å². The fourth-order valence-electron chi connectivity index (χ4n) is 3.25. The molecule has 0 heterocycles. The van der Waals surface area contributed by atoms with Gasteiger partial charge >= 0.3 is 12.1 Å². The summed E-state index contributed by atoms with van der Waals surface area (Å²) in [6.07, 6.45) is -1.76. The monoisotopic (exact) mass is 539 g/mol. The SMILES string of the molecule is CCOC(Cc1ccc(OCCN(CCOCC(F)(F)CC)C(=O)Oc2cccc(OC)c2)cc1)C(=O)O. The molecule has 0 radical (unpaired) electrons. The van der Waals surface area contributed by atoms with Crippen molar-refractivity contribution in [3.8, 4) is 17.2 Å². The molecule has 0 saturated carbocycles. The molecule has 0 aliphatic carbocycles. The van der Waals surface area contributed by atoms with Crippen molar-refractivity contribution in [2.45, 2.75) is 38.7 Å². The summed E-state index contributed by atoms with van der Waals surface area (Å²) in [7, 11) is 1.49. The van der Waals surface area contributed by atoms with Crippen molar-refractivity contribution in [2.24, 2.45) is 0 Å². The lowest BCUT2D eigenvalue weighted by Gasteiger charge is -2.23. The highest BCUT2D eigenvalue weighted by atomic mass is 19.3. The predicted molar refractivity (Wildman–Crippen MR) is 135 cm³/mol. The standard InChI is InChI=1S/C27H35F2NO8/c1-4-27(28,29)19-35-15-13-30(26(33)38-23-8-6-7-22(18-23)34-3)14-16-37-21-11-9-20(10-12-21)17-24(25(31)32)36-5-2/h6-12,18,24H,4-5,13-17,19H2,1-3H3,(H,31,32). The number of nitrogens with zero attached hydrogens (tertiary/aromatic N) is 1. The third kappa shape index (κ3) is 10.9. The Labute approximate surface area is 221 Å². The lowest BCUT2D eigenvalue weighted by Crippen LogP contribution is -2.39. The van der Waals surface area contributed by atoms with Gasteiger partial charge in [0.2, 0.25) is 0 Å². The van der Waals surface area contributed by atoms with Gasteiger partial charge in [0.1, 0.15) is 30.5 Å². The van der Waals surface area contributed by atoms with Crippen molar-refractivity contribution in [3.05, 3.63) is 54.1 Å². The minimum absolute atomic E-state index is 0.0128. The van der Waals surface area contributed by atoms with E-state index in [0.717, 1.165) is 5.56 Å². The van der Waals surface area contributed by atoms with Crippen LogP contribution in [0.3, 0.4) is 0 Å². The number of carbonyl (C=O) groups is 2. The third-order valence-corrected chi connectivity index (χ3v) is 5.46. The third-order valence-electron chi connectivity index (χ3n) is 5.46. The molecular weight excluding hydrogens is 504 g/mol. The zero-order valence-corrected chi connectivity index (χ0v) is 21.9. The fourth-order valence-corrected chi connectivity index (χ4v) is 3.25. The maximum absolute atomic E-state index is 13.5. The number of methoxy groups -OCH3 is 1. The number of carboxylic acid groups (broad SMARTS) is 1. The van der Waals surface area contributed by atoms with Gasteiger partial charge in [-0.05, 0) is 36.8 Å². The highest BCUT2D eigenvalue weighted by Crippen LogP contribution is 2.20. The zero-order valence-electron chi connectivity index (χ0n) is 21.9. The summed E-state index contributed by atoms with van der Waals surface area (Å²) in [6.45, 7) is 2.75. The molecule has 38 heavy (non-hydrogen) atoms. The summed E-state index contributed by atoms with van der Waals surface area (Å²) < 4.78 is 53.5. The van der Waals surface area contributed by atoms with Crippen molar-refractivity contribution < 1.29 is 47.2 Å². The lowest BCUT2D eigenvalue weighted by atomic mass is 10.1. The molecule has 1 atom stereocenters. The van der Waals surface area contributed by atoms with E-state index in [0.29, 0.717) is 18.1 Å². The topological polar surface area (TPSA) is 104 Å². The highest BCUT2D eigenvalue weighted by Gasteiger charge is 2.26. The van der Waals surface area contributed by atoms with Gasteiger partial charge in [-0.3, -0.25) is 0 Å². The smallest absolute Gasteiger partial charge is 0.415 e.